The van der Waals surface area contributed by atoms with Crippen molar-refractivity contribution in [2.75, 3.05) is 19.7 Å². The van der Waals surface area contributed by atoms with Crippen LogP contribution in [0.15, 0.2) is 48.8 Å². The third-order valence-corrected chi connectivity index (χ3v) is 5.48. The van der Waals surface area contributed by atoms with Crippen molar-refractivity contribution in [3.8, 4) is 17.3 Å². The molecular formula is C21H20F3N5O3. The van der Waals surface area contributed by atoms with Crippen LogP contribution in [0.25, 0.3) is 11.3 Å². The van der Waals surface area contributed by atoms with Gasteiger partial charge in [-0.15, -0.1) is 0 Å². The summed E-state index contributed by atoms with van der Waals surface area (Å²) < 4.78 is 45.5. The first-order valence-corrected chi connectivity index (χ1v) is 9.94. The highest BCUT2D eigenvalue weighted by Crippen LogP contribution is 2.31. The van der Waals surface area contributed by atoms with Crippen LogP contribution in [0.2, 0.25) is 0 Å². The molecular weight excluding hydrogens is 427 g/mol. The molecule has 1 aliphatic heterocycles. The number of hydrogen-bond donors (Lipinski definition) is 0. The summed E-state index contributed by atoms with van der Waals surface area (Å²) in [6.45, 7) is 4.06. The van der Waals surface area contributed by atoms with Gasteiger partial charge in [-0.25, -0.2) is 0 Å². The van der Waals surface area contributed by atoms with E-state index in [0.29, 0.717) is 37.5 Å². The molecule has 1 aromatic carbocycles. The molecule has 0 aliphatic carbocycles. The van der Waals surface area contributed by atoms with E-state index in [-0.39, 0.29) is 17.9 Å². The minimum absolute atomic E-state index is 0.00665. The van der Waals surface area contributed by atoms with Gasteiger partial charge in [-0.3, -0.25) is 14.5 Å². The lowest BCUT2D eigenvalue weighted by Gasteiger charge is -2.30. The van der Waals surface area contributed by atoms with Crippen LogP contribution in [0.1, 0.15) is 24.1 Å². The van der Waals surface area contributed by atoms with Crippen molar-refractivity contribution in [1.29, 1.82) is 0 Å². The van der Waals surface area contributed by atoms with E-state index in [1.807, 2.05) is 13.0 Å². The lowest BCUT2D eigenvalue weighted by Crippen LogP contribution is -2.36. The number of rotatable bonds is 4. The normalized spacial score (nSPS) is 15.9. The first-order chi connectivity index (χ1) is 15.2. The number of aromatic nitrogens is 3. The molecule has 0 fully saturated rings. The second-order valence-corrected chi connectivity index (χ2v) is 7.44. The predicted octanol–water partition coefficient (Wildman–Crippen LogP) is 4.33. The summed E-state index contributed by atoms with van der Waals surface area (Å²) >= 11 is 0. The van der Waals surface area contributed by atoms with Crippen molar-refractivity contribution in [2.24, 2.45) is 0 Å². The zero-order chi connectivity index (χ0) is 22.9. The molecule has 2 aromatic heterocycles. The Kier molecular flexibility index (Phi) is 5.83. The number of hydrogen-bond acceptors (Lipinski definition) is 6. The van der Waals surface area contributed by atoms with Gasteiger partial charge in [0.15, 0.2) is 0 Å². The van der Waals surface area contributed by atoms with Gasteiger partial charge in [0.1, 0.15) is 12.8 Å². The van der Waals surface area contributed by atoms with Crippen LogP contribution in [-0.2, 0) is 12.7 Å². The van der Waals surface area contributed by atoms with Gasteiger partial charge in [0, 0.05) is 42.4 Å². The molecule has 0 amide bonds. The number of benzene rings is 1. The molecule has 0 N–H and O–H groups in total. The van der Waals surface area contributed by atoms with Crippen molar-refractivity contribution < 1.29 is 22.8 Å². The summed E-state index contributed by atoms with van der Waals surface area (Å²) in [4.78, 5) is 20.9. The molecule has 0 bridgehead atoms. The van der Waals surface area contributed by atoms with Gasteiger partial charge in [0.25, 0.3) is 0 Å². The molecule has 3 aromatic rings. The van der Waals surface area contributed by atoms with Crippen molar-refractivity contribution in [2.45, 2.75) is 25.7 Å². The third-order valence-electron chi connectivity index (χ3n) is 5.48. The number of pyridine rings is 1. The minimum Gasteiger partial charge on any atom is -0.444 e. The highest BCUT2D eigenvalue weighted by Gasteiger charge is 2.30. The molecule has 11 heteroatoms. The van der Waals surface area contributed by atoms with Crippen molar-refractivity contribution in [3.63, 3.8) is 0 Å². The smallest absolute Gasteiger partial charge is 0.416 e. The van der Waals surface area contributed by atoms with E-state index in [4.69, 9.17) is 4.74 Å². The molecule has 4 rings (SSSR count). The Hall–Kier alpha value is -3.47. The van der Waals surface area contributed by atoms with Gasteiger partial charge in [-0.05, 0) is 35.6 Å². The van der Waals surface area contributed by atoms with Crippen LogP contribution in [-0.4, -0.2) is 44.1 Å². The number of alkyl halides is 3. The van der Waals surface area contributed by atoms with Crippen molar-refractivity contribution in [1.82, 2.24) is 19.4 Å². The standard InChI is InChI=1S/C21H20F3N5O3/c1-14(27-8-9-28-13-19(29(30)31)26-20(28)32-11-10-27)16-4-7-18(25-12-16)15-2-5-17(6-3-15)21(22,23)24/h2-7,12-14H,8-11H2,1H3. The summed E-state index contributed by atoms with van der Waals surface area (Å²) in [7, 11) is 0. The maximum atomic E-state index is 12.7. The molecule has 0 saturated carbocycles. The number of nitro groups is 1. The number of imidazole rings is 1. The molecule has 1 atom stereocenters. The minimum atomic E-state index is -4.37. The van der Waals surface area contributed by atoms with Gasteiger partial charge in [0.2, 0.25) is 0 Å². The SMILES string of the molecule is CC(c1ccc(-c2ccc(C(F)(F)F)cc2)nc1)N1CCOc2nc([N+](=O)[O-])cn2CC1. The summed E-state index contributed by atoms with van der Waals surface area (Å²) in [6, 6.07) is 8.83. The topological polar surface area (TPSA) is 86.3 Å². The Labute approximate surface area is 181 Å². The van der Waals surface area contributed by atoms with Gasteiger partial charge < -0.3 is 14.9 Å². The van der Waals surface area contributed by atoms with Crippen LogP contribution < -0.4 is 4.74 Å². The van der Waals surface area contributed by atoms with E-state index < -0.39 is 16.7 Å². The highest BCUT2D eigenvalue weighted by atomic mass is 19.4. The zero-order valence-electron chi connectivity index (χ0n) is 17.1. The molecule has 0 saturated heterocycles. The quantitative estimate of drug-likeness (QED) is 0.437. The molecule has 0 radical (unpaired) electrons. The van der Waals surface area contributed by atoms with E-state index in [1.165, 1.54) is 18.3 Å². The maximum Gasteiger partial charge on any atom is 0.416 e. The molecule has 1 unspecified atom stereocenters. The van der Waals surface area contributed by atoms with Crippen molar-refractivity contribution in [3.05, 3.63) is 70.0 Å². The first-order valence-electron chi connectivity index (χ1n) is 9.94. The van der Waals surface area contributed by atoms with Gasteiger partial charge in [0.05, 0.1) is 11.3 Å². The lowest BCUT2D eigenvalue weighted by atomic mass is 10.1. The molecule has 3 heterocycles. The van der Waals surface area contributed by atoms with E-state index in [0.717, 1.165) is 17.7 Å². The lowest BCUT2D eigenvalue weighted by molar-refractivity contribution is -0.389. The Balaban J connectivity index is 1.45. The van der Waals surface area contributed by atoms with E-state index >= 15 is 0 Å². The fourth-order valence-corrected chi connectivity index (χ4v) is 3.60. The average molecular weight is 447 g/mol. The van der Waals surface area contributed by atoms with Crippen LogP contribution in [0, 0.1) is 10.1 Å². The van der Waals surface area contributed by atoms with E-state index in [2.05, 4.69) is 14.9 Å². The molecule has 32 heavy (non-hydrogen) atoms. The van der Waals surface area contributed by atoms with E-state index in [9.17, 15) is 23.3 Å². The largest absolute Gasteiger partial charge is 0.444 e. The van der Waals surface area contributed by atoms with Crippen LogP contribution in [0.4, 0.5) is 19.0 Å². The number of ether oxygens (including phenoxy) is 1. The van der Waals surface area contributed by atoms with Gasteiger partial charge in [-0.2, -0.15) is 13.2 Å². The fourth-order valence-electron chi connectivity index (χ4n) is 3.60. The molecule has 0 spiro atoms. The Morgan fingerprint density at radius 2 is 1.88 bits per heavy atom. The van der Waals surface area contributed by atoms with Crippen LogP contribution >= 0.6 is 0 Å². The molecule has 8 nitrogen and oxygen atoms in total. The van der Waals surface area contributed by atoms with Crippen molar-refractivity contribution >= 4 is 5.82 Å². The summed E-state index contributed by atoms with van der Waals surface area (Å²) in [5, 5.41) is 10.9. The number of halogens is 3. The Morgan fingerprint density at radius 1 is 1.12 bits per heavy atom. The fraction of sp³-hybridized carbons (Fsp3) is 0.333. The summed E-state index contributed by atoms with van der Waals surface area (Å²) in [6.07, 6.45) is -1.29. The zero-order valence-corrected chi connectivity index (χ0v) is 17.1. The number of fused-ring (bicyclic) bond motifs is 1. The monoisotopic (exact) mass is 447 g/mol. The first kappa shape index (κ1) is 21.8. The van der Waals surface area contributed by atoms with E-state index in [1.54, 1.807) is 16.8 Å². The Bertz CT molecular complexity index is 1100. The number of nitrogens with zero attached hydrogens (tertiary/aromatic N) is 5. The maximum absolute atomic E-state index is 12.7. The predicted molar refractivity (Wildman–Crippen MR) is 109 cm³/mol. The third kappa shape index (κ3) is 4.57. The Morgan fingerprint density at radius 3 is 2.50 bits per heavy atom. The second kappa shape index (κ2) is 8.58. The average Bonchev–Trinajstić information content (AvgIpc) is 3.15. The van der Waals surface area contributed by atoms with Gasteiger partial charge >= 0.3 is 18.0 Å². The highest BCUT2D eigenvalue weighted by molar-refractivity contribution is 5.59. The molecule has 1 aliphatic rings. The second-order valence-electron chi connectivity index (χ2n) is 7.44. The summed E-state index contributed by atoms with van der Waals surface area (Å²) in [5.41, 5.74) is 1.43. The van der Waals surface area contributed by atoms with Crippen LogP contribution in [0.5, 0.6) is 6.01 Å². The summed E-state index contributed by atoms with van der Waals surface area (Å²) in [5.74, 6) is -0.246. The van der Waals surface area contributed by atoms with Crippen LogP contribution in [0.3, 0.4) is 0 Å². The molecule has 168 valence electrons. The van der Waals surface area contributed by atoms with Gasteiger partial charge in [-0.1, -0.05) is 18.2 Å².